The molecular formula is C27H26FN5O4S. The van der Waals surface area contributed by atoms with Crippen molar-refractivity contribution >= 4 is 32.7 Å². The quantitative estimate of drug-likeness (QED) is 0.294. The Morgan fingerprint density at radius 1 is 1.16 bits per heavy atom. The Bertz CT molecular complexity index is 1590. The summed E-state index contributed by atoms with van der Waals surface area (Å²) >= 11 is 0. The van der Waals surface area contributed by atoms with Crippen LogP contribution in [0.15, 0.2) is 73.0 Å². The third-order valence-electron chi connectivity index (χ3n) is 6.49. The predicted octanol–water partition coefficient (Wildman–Crippen LogP) is 4.86. The molecule has 1 atom stereocenters. The van der Waals surface area contributed by atoms with Crippen molar-refractivity contribution < 1.29 is 22.3 Å². The molecule has 0 saturated carbocycles. The SMILES string of the molecule is C=CS(=O)(=O)N1CCCCC1CNc1ncnc2[nH]cc(C(=O)c3ccc(Oc4ccccc4)cc3F)c12. The first kappa shape index (κ1) is 25.6. The van der Waals surface area contributed by atoms with Gasteiger partial charge in [0.1, 0.15) is 35.1 Å². The van der Waals surface area contributed by atoms with E-state index in [9.17, 15) is 13.2 Å². The molecule has 3 heterocycles. The molecule has 9 nitrogen and oxygen atoms in total. The lowest BCUT2D eigenvalue weighted by Gasteiger charge is -2.33. The highest BCUT2D eigenvalue weighted by Crippen LogP contribution is 2.29. The number of benzene rings is 2. The van der Waals surface area contributed by atoms with Gasteiger partial charge in [-0.05, 0) is 37.1 Å². The van der Waals surface area contributed by atoms with Crippen LogP contribution in [0.3, 0.4) is 0 Å². The van der Waals surface area contributed by atoms with E-state index in [0.29, 0.717) is 35.6 Å². The number of aromatic nitrogens is 3. The second-order valence-electron chi connectivity index (χ2n) is 8.89. The van der Waals surface area contributed by atoms with Crippen LogP contribution in [-0.4, -0.2) is 52.6 Å². The van der Waals surface area contributed by atoms with Gasteiger partial charge in [0.15, 0.2) is 5.78 Å². The number of sulfonamides is 1. The van der Waals surface area contributed by atoms with Crippen LogP contribution in [0.1, 0.15) is 35.2 Å². The maximum atomic E-state index is 15.0. The number of carbonyl (C=O) groups excluding carboxylic acids is 1. The smallest absolute Gasteiger partial charge is 0.235 e. The van der Waals surface area contributed by atoms with E-state index in [1.54, 1.807) is 24.3 Å². The van der Waals surface area contributed by atoms with Crippen LogP contribution in [-0.2, 0) is 10.0 Å². The number of ether oxygens (including phenoxy) is 1. The van der Waals surface area contributed by atoms with E-state index in [1.807, 2.05) is 6.07 Å². The number of anilines is 1. The summed E-state index contributed by atoms with van der Waals surface area (Å²) in [5.41, 5.74) is 0.462. The minimum atomic E-state index is -3.58. The molecule has 4 aromatic rings. The van der Waals surface area contributed by atoms with Gasteiger partial charge < -0.3 is 15.0 Å². The number of hydrogen-bond acceptors (Lipinski definition) is 7. The monoisotopic (exact) mass is 535 g/mol. The normalized spacial score (nSPS) is 16.3. The van der Waals surface area contributed by atoms with E-state index in [0.717, 1.165) is 18.2 Å². The largest absolute Gasteiger partial charge is 0.457 e. The lowest BCUT2D eigenvalue weighted by atomic mass is 10.0. The highest BCUT2D eigenvalue weighted by molar-refractivity contribution is 7.92. The number of halogens is 1. The number of para-hydroxylation sites is 1. The Morgan fingerprint density at radius 2 is 1.97 bits per heavy atom. The summed E-state index contributed by atoms with van der Waals surface area (Å²) in [5, 5.41) is 4.55. The summed E-state index contributed by atoms with van der Waals surface area (Å²) in [4.78, 5) is 24.8. The molecule has 1 saturated heterocycles. The lowest BCUT2D eigenvalue weighted by molar-refractivity contribution is 0.103. The summed E-state index contributed by atoms with van der Waals surface area (Å²) < 4.78 is 47.1. The molecule has 11 heteroatoms. The molecule has 1 aliphatic rings. The zero-order valence-corrected chi connectivity index (χ0v) is 21.2. The highest BCUT2D eigenvalue weighted by Gasteiger charge is 2.30. The first-order chi connectivity index (χ1) is 18.4. The Balaban J connectivity index is 1.40. The molecule has 2 aromatic heterocycles. The molecule has 1 aliphatic heterocycles. The predicted molar refractivity (Wildman–Crippen MR) is 142 cm³/mol. The van der Waals surface area contributed by atoms with Crippen LogP contribution in [0.25, 0.3) is 11.0 Å². The van der Waals surface area contributed by atoms with E-state index in [1.165, 1.54) is 35.0 Å². The van der Waals surface area contributed by atoms with Gasteiger partial charge in [-0.25, -0.2) is 22.8 Å². The number of nitrogens with zero attached hydrogens (tertiary/aromatic N) is 3. The number of hydrogen-bond donors (Lipinski definition) is 2. The van der Waals surface area contributed by atoms with Crippen molar-refractivity contribution in [3.63, 3.8) is 0 Å². The zero-order chi connectivity index (χ0) is 26.7. The minimum absolute atomic E-state index is 0.128. The molecule has 0 amide bonds. The summed E-state index contributed by atoms with van der Waals surface area (Å²) in [7, 11) is -3.58. The molecule has 1 unspecified atom stereocenters. The van der Waals surface area contributed by atoms with Gasteiger partial charge in [-0.3, -0.25) is 4.79 Å². The maximum absolute atomic E-state index is 15.0. The molecule has 1 fully saturated rings. The van der Waals surface area contributed by atoms with Gasteiger partial charge in [-0.2, -0.15) is 4.31 Å². The molecule has 5 rings (SSSR count). The van der Waals surface area contributed by atoms with Gasteiger partial charge in [0, 0.05) is 36.8 Å². The second kappa shape index (κ2) is 10.7. The first-order valence-corrected chi connectivity index (χ1v) is 13.6. The van der Waals surface area contributed by atoms with Crippen molar-refractivity contribution in [2.75, 3.05) is 18.4 Å². The van der Waals surface area contributed by atoms with E-state index in [-0.39, 0.29) is 29.5 Å². The van der Waals surface area contributed by atoms with Crippen molar-refractivity contribution in [3.8, 4) is 11.5 Å². The first-order valence-electron chi connectivity index (χ1n) is 12.1. The molecule has 2 aromatic carbocycles. The molecule has 0 spiro atoms. The molecule has 196 valence electrons. The third-order valence-corrected chi connectivity index (χ3v) is 8.05. The molecule has 38 heavy (non-hydrogen) atoms. The van der Waals surface area contributed by atoms with Crippen molar-refractivity contribution in [1.82, 2.24) is 19.3 Å². The van der Waals surface area contributed by atoms with Gasteiger partial charge in [0.05, 0.1) is 16.5 Å². The molecule has 2 N–H and O–H groups in total. The summed E-state index contributed by atoms with van der Waals surface area (Å²) in [6, 6.07) is 12.7. The second-order valence-corrected chi connectivity index (χ2v) is 10.7. The van der Waals surface area contributed by atoms with E-state index >= 15 is 4.39 Å². The van der Waals surface area contributed by atoms with E-state index in [2.05, 4.69) is 26.8 Å². The standard InChI is InChI=1S/C27H26FN5O4S/c1-2-38(35,36)33-13-7-6-8-18(33)15-29-26-24-22(16-30-27(24)32-17-31-26)25(34)21-12-11-20(14-23(21)28)37-19-9-4-3-5-10-19/h2-5,9-12,14,16-18H,1,6-8,13,15H2,(H2,29,30,31,32). The Morgan fingerprint density at radius 3 is 2.74 bits per heavy atom. The van der Waals surface area contributed by atoms with E-state index in [4.69, 9.17) is 4.74 Å². The molecule has 0 radical (unpaired) electrons. The zero-order valence-electron chi connectivity index (χ0n) is 20.4. The fourth-order valence-corrected chi connectivity index (χ4v) is 5.78. The average molecular weight is 536 g/mol. The van der Waals surface area contributed by atoms with Crippen LogP contribution in [0.2, 0.25) is 0 Å². The van der Waals surface area contributed by atoms with Crippen molar-refractivity contribution in [2.45, 2.75) is 25.3 Å². The minimum Gasteiger partial charge on any atom is -0.457 e. The number of piperidine rings is 1. The Labute approximate surface area is 219 Å². The number of rotatable bonds is 9. The van der Waals surface area contributed by atoms with Crippen molar-refractivity contribution in [3.05, 3.63) is 90.0 Å². The number of H-pyrrole nitrogens is 1. The van der Waals surface area contributed by atoms with Crippen LogP contribution < -0.4 is 10.1 Å². The number of ketones is 1. The summed E-state index contributed by atoms with van der Waals surface area (Å²) in [5.74, 6) is -0.108. The third kappa shape index (κ3) is 5.15. The van der Waals surface area contributed by atoms with Gasteiger partial charge in [0.25, 0.3) is 0 Å². The molecule has 0 aliphatic carbocycles. The van der Waals surface area contributed by atoms with Gasteiger partial charge in [-0.15, -0.1) is 0 Å². The molecule has 0 bridgehead atoms. The van der Waals surface area contributed by atoms with Crippen LogP contribution in [0.4, 0.5) is 10.2 Å². The highest BCUT2D eigenvalue weighted by atomic mass is 32.2. The van der Waals surface area contributed by atoms with Crippen LogP contribution in [0, 0.1) is 5.82 Å². The van der Waals surface area contributed by atoms with Crippen LogP contribution in [0.5, 0.6) is 11.5 Å². The van der Waals surface area contributed by atoms with E-state index < -0.39 is 21.6 Å². The number of aromatic amines is 1. The molecular weight excluding hydrogens is 509 g/mol. The fraction of sp³-hybridized carbons (Fsp3) is 0.222. The lowest BCUT2D eigenvalue weighted by Crippen LogP contribution is -2.46. The number of nitrogens with one attached hydrogen (secondary N) is 2. The average Bonchev–Trinajstić information content (AvgIpc) is 3.37. The van der Waals surface area contributed by atoms with Crippen LogP contribution >= 0.6 is 0 Å². The Hall–Kier alpha value is -4.09. The van der Waals surface area contributed by atoms with Crippen molar-refractivity contribution in [2.24, 2.45) is 0 Å². The van der Waals surface area contributed by atoms with Gasteiger partial charge in [0.2, 0.25) is 10.0 Å². The summed E-state index contributed by atoms with van der Waals surface area (Å²) in [6.07, 6.45) is 5.15. The topological polar surface area (TPSA) is 117 Å². The van der Waals surface area contributed by atoms with Gasteiger partial charge in [-0.1, -0.05) is 31.2 Å². The Kier molecular flexibility index (Phi) is 7.21. The number of fused-ring (bicyclic) bond motifs is 1. The summed E-state index contributed by atoms with van der Waals surface area (Å²) in [6.45, 7) is 4.13. The fourth-order valence-electron chi connectivity index (χ4n) is 4.61. The number of carbonyl (C=O) groups is 1. The van der Waals surface area contributed by atoms with Gasteiger partial charge >= 0.3 is 0 Å². The van der Waals surface area contributed by atoms with Crippen molar-refractivity contribution in [1.29, 1.82) is 0 Å². The maximum Gasteiger partial charge on any atom is 0.235 e.